The fourth-order valence-corrected chi connectivity index (χ4v) is 4.74. The molecule has 6 heteroatoms. The molecule has 1 atom stereocenters. The summed E-state index contributed by atoms with van der Waals surface area (Å²) in [6.07, 6.45) is 0.517. The van der Waals surface area contributed by atoms with Crippen LogP contribution in [0.2, 0.25) is 0 Å². The van der Waals surface area contributed by atoms with Crippen LogP contribution >= 0.6 is 0 Å². The zero-order chi connectivity index (χ0) is 26.7. The molecule has 0 saturated carbocycles. The lowest BCUT2D eigenvalue weighted by atomic mass is 9.90. The van der Waals surface area contributed by atoms with Crippen LogP contribution in [-0.4, -0.2) is 56.0 Å². The highest BCUT2D eigenvalue weighted by atomic mass is 16.2. The van der Waals surface area contributed by atoms with Crippen LogP contribution in [0, 0.1) is 0 Å². The Morgan fingerprint density at radius 1 is 0.789 bits per heavy atom. The number of hydrogen-bond acceptors (Lipinski definition) is 4. The van der Waals surface area contributed by atoms with E-state index in [1.807, 2.05) is 85.9 Å². The third-order valence-corrected chi connectivity index (χ3v) is 6.80. The van der Waals surface area contributed by atoms with Gasteiger partial charge in [-0.1, -0.05) is 91.0 Å². The Morgan fingerprint density at radius 2 is 1.39 bits per heavy atom. The van der Waals surface area contributed by atoms with Gasteiger partial charge in [-0.05, 0) is 47.0 Å². The first-order valence-corrected chi connectivity index (χ1v) is 13.1. The SMILES string of the molecule is CN(CC(c1ccccc1)c1ccccc1)C(=O)[C@H](CCN)NCCNC(=O)c1ccc2ccccc2c1. The smallest absolute Gasteiger partial charge is 0.251 e. The minimum atomic E-state index is -0.422. The molecule has 4 aromatic carbocycles. The number of hydrogen-bond donors (Lipinski definition) is 3. The Labute approximate surface area is 224 Å². The molecule has 4 aromatic rings. The first-order chi connectivity index (χ1) is 18.6. The number of likely N-dealkylation sites (N-methyl/N-ethyl adjacent to an activating group) is 1. The maximum atomic E-state index is 13.4. The van der Waals surface area contributed by atoms with Crippen LogP contribution in [0.15, 0.2) is 103 Å². The Bertz CT molecular complexity index is 1290. The summed E-state index contributed by atoms with van der Waals surface area (Å²) in [5.74, 6) is -0.0794. The average molecular weight is 509 g/mol. The van der Waals surface area contributed by atoms with Crippen molar-refractivity contribution in [1.82, 2.24) is 15.5 Å². The van der Waals surface area contributed by atoms with Gasteiger partial charge in [-0.15, -0.1) is 0 Å². The highest BCUT2D eigenvalue weighted by Crippen LogP contribution is 2.25. The van der Waals surface area contributed by atoms with E-state index < -0.39 is 6.04 Å². The number of amides is 2. The summed E-state index contributed by atoms with van der Waals surface area (Å²) in [4.78, 5) is 27.9. The van der Waals surface area contributed by atoms with E-state index in [0.29, 0.717) is 38.2 Å². The molecule has 0 spiro atoms. The molecule has 0 fully saturated rings. The lowest BCUT2D eigenvalue weighted by Gasteiger charge is -2.29. The molecule has 0 bridgehead atoms. The van der Waals surface area contributed by atoms with Crippen LogP contribution < -0.4 is 16.4 Å². The Kier molecular flexibility index (Phi) is 9.62. The first kappa shape index (κ1) is 27.0. The molecule has 0 unspecified atom stereocenters. The minimum absolute atomic E-state index is 0.00633. The van der Waals surface area contributed by atoms with E-state index in [-0.39, 0.29) is 17.7 Å². The molecule has 4 rings (SSSR count). The van der Waals surface area contributed by atoms with Crippen molar-refractivity contribution in [3.8, 4) is 0 Å². The second-order valence-electron chi connectivity index (χ2n) is 9.49. The first-order valence-electron chi connectivity index (χ1n) is 13.1. The van der Waals surface area contributed by atoms with Crippen molar-refractivity contribution in [3.05, 3.63) is 120 Å². The number of nitrogens with two attached hydrogens (primary N) is 1. The van der Waals surface area contributed by atoms with Gasteiger partial charge in [0, 0.05) is 38.2 Å². The molecule has 0 heterocycles. The molecule has 196 valence electrons. The lowest BCUT2D eigenvalue weighted by Crippen LogP contribution is -2.48. The van der Waals surface area contributed by atoms with E-state index in [2.05, 4.69) is 34.9 Å². The Hall–Kier alpha value is -4.00. The second kappa shape index (κ2) is 13.5. The molecule has 38 heavy (non-hydrogen) atoms. The molecular weight excluding hydrogens is 472 g/mol. The quantitative estimate of drug-likeness (QED) is 0.251. The van der Waals surface area contributed by atoms with E-state index >= 15 is 0 Å². The van der Waals surface area contributed by atoms with E-state index in [4.69, 9.17) is 5.73 Å². The number of nitrogens with one attached hydrogen (secondary N) is 2. The standard InChI is InChI=1S/C32H36N4O2/c1-36(23-29(25-11-4-2-5-12-25)26-13-6-3-7-14-26)32(38)30(18-19-33)34-20-21-35-31(37)28-17-16-24-10-8-9-15-27(24)22-28/h2-17,22,29-30,34H,18-21,23,33H2,1H3,(H,35,37)/t30-/m0/s1. The summed E-state index contributed by atoms with van der Waals surface area (Å²) < 4.78 is 0. The average Bonchev–Trinajstić information content (AvgIpc) is 2.97. The van der Waals surface area contributed by atoms with Gasteiger partial charge < -0.3 is 21.3 Å². The number of rotatable bonds is 12. The van der Waals surface area contributed by atoms with Gasteiger partial charge in [0.1, 0.15) is 0 Å². The van der Waals surface area contributed by atoms with Crippen molar-refractivity contribution in [2.45, 2.75) is 18.4 Å². The highest BCUT2D eigenvalue weighted by Gasteiger charge is 2.24. The number of fused-ring (bicyclic) bond motifs is 1. The highest BCUT2D eigenvalue weighted by molar-refractivity contribution is 5.98. The molecular formula is C32H36N4O2. The second-order valence-corrected chi connectivity index (χ2v) is 9.49. The topological polar surface area (TPSA) is 87.5 Å². The van der Waals surface area contributed by atoms with E-state index in [1.165, 1.54) is 0 Å². The molecule has 4 N–H and O–H groups in total. The van der Waals surface area contributed by atoms with Gasteiger partial charge in [-0.2, -0.15) is 0 Å². The van der Waals surface area contributed by atoms with Crippen molar-refractivity contribution < 1.29 is 9.59 Å². The maximum absolute atomic E-state index is 13.4. The van der Waals surface area contributed by atoms with Crippen molar-refractivity contribution in [3.63, 3.8) is 0 Å². The summed E-state index contributed by atoms with van der Waals surface area (Å²) in [7, 11) is 1.84. The van der Waals surface area contributed by atoms with Gasteiger partial charge in [-0.3, -0.25) is 9.59 Å². The molecule has 6 nitrogen and oxygen atoms in total. The number of carbonyl (C=O) groups excluding carboxylic acids is 2. The minimum Gasteiger partial charge on any atom is -0.351 e. The zero-order valence-electron chi connectivity index (χ0n) is 21.8. The lowest BCUT2D eigenvalue weighted by molar-refractivity contribution is -0.132. The number of nitrogens with zero attached hydrogens (tertiary/aromatic N) is 1. The van der Waals surface area contributed by atoms with Gasteiger partial charge in [0.15, 0.2) is 0 Å². The molecule has 0 aliphatic carbocycles. The summed E-state index contributed by atoms with van der Waals surface area (Å²) in [5.41, 5.74) is 8.79. The van der Waals surface area contributed by atoms with Crippen LogP contribution in [0.4, 0.5) is 0 Å². The van der Waals surface area contributed by atoms with Gasteiger partial charge in [0.05, 0.1) is 6.04 Å². The third kappa shape index (κ3) is 7.06. The normalized spacial score (nSPS) is 11.9. The van der Waals surface area contributed by atoms with Crippen molar-refractivity contribution in [1.29, 1.82) is 0 Å². The van der Waals surface area contributed by atoms with E-state index in [9.17, 15) is 9.59 Å². The Morgan fingerprint density at radius 3 is 2.03 bits per heavy atom. The Balaban J connectivity index is 1.34. The van der Waals surface area contributed by atoms with Gasteiger partial charge in [-0.25, -0.2) is 0 Å². The maximum Gasteiger partial charge on any atom is 0.251 e. The van der Waals surface area contributed by atoms with Crippen LogP contribution in [-0.2, 0) is 4.79 Å². The van der Waals surface area contributed by atoms with Crippen LogP contribution in [0.25, 0.3) is 10.8 Å². The summed E-state index contributed by atoms with van der Waals surface area (Å²) in [6.45, 7) is 1.81. The van der Waals surface area contributed by atoms with Gasteiger partial charge in [0.25, 0.3) is 5.91 Å². The van der Waals surface area contributed by atoms with Gasteiger partial charge in [0.2, 0.25) is 5.91 Å². The zero-order valence-corrected chi connectivity index (χ0v) is 21.8. The molecule has 0 aliphatic heterocycles. The van der Waals surface area contributed by atoms with Crippen molar-refractivity contribution >= 4 is 22.6 Å². The fourth-order valence-electron chi connectivity index (χ4n) is 4.74. The molecule has 0 aliphatic rings. The van der Waals surface area contributed by atoms with Crippen molar-refractivity contribution in [2.75, 3.05) is 33.2 Å². The predicted molar refractivity (Wildman–Crippen MR) is 154 cm³/mol. The third-order valence-electron chi connectivity index (χ3n) is 6.80. The molecule has 0 saturated heterocycles. The molecule has 0 radical (unpaired) electrons. The number of carbonyl (C=O) groups is 2. The molecule has 0 aromatic heterocycles. The van der Waals surface area contributed by atoms with Gasteiger partial charge >= 0.3 is 0 Å². The summed E-state index contributed by atoms with van der Waals surface area (Å²) in [5, 5.41) is 8.38. The van der Waals surface area contributed by atoms with E-state index in [1.54, 1.807) is 4.90 Å². The van der Waals surface area contributed by atoms with E-state index in [0.717, 1.165) is 21.9 Å². The largest absolute Gasteiger partial charge is 0.351 e. The van der Waals surface area contributed by atoms with Crippen LogP contribution in [0.1, 0.15) is 33.8 Å². The summed E-state index contributed by atoms with van der Waals surface area (Å²) >= 11 is 0. The summed E-state index contributed by atoms with van der Waals surface area (Å²) in [6, 6.07) is 33.7. The number of benzene rings is 4. The molecule has 2 amide bonds. The van der Waals surface area contributed by atoms with Crippen molar-refractivity contribution in [2.24, 2.45) is 5.73 Å². The fraction of sp³-hybridized carbons (Fsp3) is 0.250. The predicted octanol–water partition coefficient (Wildman–Crippen LogP) is 4.17. The monoisotopic (exact) mass is 508 g/mol. The van der Waals surface area contributed by atoms with Crippen LogP contribution in [0.5, 0.6) is 0 Å². The van der Waals surface area contributed by atoms with Crippen LogP contribution in [0.3, 0.4) is 0 Å².